The first-order chi connectivity index (χ1) is 10.1. The van der Waals surface area contributed by atoms with E-state index in [1.54, 1.807) is 16.8 Å². The molecule has 0 fully saturated rings. The minimum Gasteiger partial charge on any atom is -0.325 e. The summed E-state index contributed by atoms with van der Waals surface area (Å²) in [7, 11) is 0. The Morgan fingerprint density at radius 2 is 1.90 bits per heavy atom. The second-order valence-corrected chi connectivity index (χ2v) is 5.10. The smallest absolute Gasteiger partial charge is 0.212 e. The first-order valence-corrected chi connectivity index (χ1v) is 6.85. The molecule has 0 atom stereocenters. The number of nitrogens with one attached hydrogen (secondary N) is 1. The average molecular weight is 302 g/mol. The minimum atomic E-state index is -0.354. The molecule has 0 amide bonds. The molecule has 21 heavy (non-hydrogen) atoms. The molecule has 3 nitrogen and oxygen atoms in total. The van der Waals surface area contributed by atoms with Crippen LogP contribution < -0.4 is 5.32 Å². The molecular weight excluding hydrogens is 289 g/mol. The van der Waals surface area contributed by atoms with Gasteiger partial charge in [-0.1, -0.05) is 29.8 Å². The topological polar surface area (TPSA) is 29.9 Å². The zero-order chi connectivity index (χ0) is 14.8. The highest BCUT2D eigenvalue weighted by molar-refractivity contribution is 6.30. The van der Waals surface area contributed by atoms with E-state index in [9.17, 15) is 4.39 Å². The number of hydrogen-bond donors (Lipinski definition) is 1. The van der Waals surface area contributed by atoms with E-state index in [-0.39, 0.29) is 5.82 Å². The number of aryl methyl sites for hydroxylation is 1. The van der Waals surface area contributed by atoms with E-state index in [0.717, 1.165) is 11.4 Å². The largest absolute Gasteiger partial charge is 0.325 e. The maximum atomic E-state index is 14.0. The Bertz CT molecular complexity index is 768. The van der Waals surface area contributed by atoms with Crippen molar-refractivity contribution in [2.75, 3.05) is 5.32 Å². The van der Waals surface area contributed by atoms with Crippen LogP contribution in [-0.4, -0.2) is 9.55 Å². The van der Waals surface area contributed by atoms with Gasteiger partial charge in [-0.3, -0.25) is 4.57 Å². The number of rotatable bonds is 3. The van der Waals surface area contributed by atoms with Gasteiger partial charge < -0.3 is 5.32 Å². The van der Waals surface area contributed by atoms with Gasteiger partial charge in [0.2, 0.25) is 5.95 Å². The number of benzene rings is 2. The fourth-order valence-corrected chi connectivity index (χ4v) is 2.26. The second-order valence-electron chi connectivity index (χ2n) is 4.66. The summed E-state index contributed by atoms with van der Waals surface area (Å²) in [6.45, 7) is 1.86. The fraction of sp³-hybridized carbons (Fsp3) is 0.0625. The Morgan fingerprint density at radius 1 is 1.14 bits per heavy atom. The average Bonchev–Trinajstić information content (AvgIpc) is 2.83. The highest BCUT2D eigenvalue weighted by Crippen LogP contribution is 2.24. The van der Waals surface area contributed by atoms with Crippen molar-refractivity contribution < 1.29 is 4.39 Å². The Balaban J connectivity index is 2.05. The quantitative estimate of drug-likeness (QED) is 0.759. The molecular formula is C16H13ClFN3. The summed E-state index contributed by atoms with van der Waals surface area (Å²) in [5, 5.41) is 3.66. The predicted octanol–water partition coefficient (Wildman–Crippen LogP) is 4.72. The van der Waals surface area contributed by atoms with Gasteiger partial charge in [0.05, 0.1) is 11.4 Å². The van der Waals surface area contributed by atoms with E-state index in [1.165, 1.54) is 12.1 Å². The number of nitrogens with zero attached hydrogens (tertiary/aromatic N) is 2. The molecule has 0 bridgehead atoms. The van der Waals surface area contributed by atoms with Gasteiger partial charge in [0.15, 0.2) is 0 Å². The van der Waals surface area contributed by atoms with E-state index in [2.05, 4.69) is 10.3 Å². The van der Waals surface area contributed by atoms with Gasteiger partial charge in [0.1, 0.15) is 5.82 Å². The summed E-state index contributed by atoms with van der Waals surface area (Å²) in [6.07, 6.45) is 1.76. The van der Waals surface area contributed by atoms with Crippen LogP contribution in [0.3, 0.4) is 0 Å². The first kappa shape index (κ1) is 13.6. The van der Waals surface area contributed by atoms with Crippen LogP contribution in [0, 0.1) is 12.7 Å². The molecule has 0 saturated heterocycles. The summed E-state index contributed by atoms with van der Waals surface area (Å²) >= 11 is 5.97. The summed E-state index contributed by atoms with van der Waals surface area (Å²) in [6, 6.07) is 14.1. The zero-order valence-electron chi connectivity index (χ0n) is 11.3. The van der Waals surface area contributed by atoms with E-state index in [0.29, 0.717) is 16.7 Å². The van der Waals surface area contributed by atoms with Crippen LogP contribution >= 0.6 is 11.6 Å². The lowest BCUT2D eigenvalue weighted by Gasteiger charge is -2.11. The maximum Gasteiger partial charge on any atom is 0.212 e. The Morgan fingerprint density at radius 3 is 2.67 bits per heavy atom. The molecule has 0 aliphatic heterocycles. The van der Waals surface area contributed by atoms with Gasteiger partial charge in [-0.15, -0.1) is 0 Å². The van der Waals surface area contributed by atoms with Crippen molar-refractivity contribution in [1.29, 1.82) is 0 Å². The highest BCUT2D eigenvalue weighted by Gasteiger charge is 2.12. The van der Waals surface area contributed by atoms with Gasteiger partial charge in [-0.2, -0.15) is 0 Å². The third-order valence-corrected chi connectivity index (χ3v) is 3.26. The third kappa shape index (κ3) is 2.90. The van der Waals surface area contributed by atoms with Gasteiger partial charge >= 0.3 is 0 Å². The Kier molecular flexibility index (Phi) is 3.62. The summed E-state index contributed by atoms with van der Waals surface area (Å²) in [5.74, 6) is 0.188. The van der Waals surface area contributed by atoms with Gasteiger partial charge in [0, 0.05) is 16.9 Å². The van der Waals surface area contributed by atoms with Crippen molar-refractivity contribution in [1.82, 2.24) is 9.55 Å². The van der Waals surface area contributed by atoms with Gasteiger partial charge in [0.25, 0.3) is 0 Å². The van der Waals surface area contributed by atoms with Gasteiger partial charge in [-0.05, 0) is 37.3 Å². The minimum absolute atomic E-state index is 0.354. The van der Waals surface area contributed by atoms with E-state index in [1.807, 2.05) is 37.3 Å². The third-order valence-electron chi connectivity index (χ3n) is 3.02. The lowest BCUT2D eigenvalue weighted by Crippen LogP contribution is -2.03. The van der Waals surface area contributed by atoms with Crippen LogP contribution in [0.4, 0.5) is 16.0 Å². The van der Waals surface area contributed by atoms with E-state index >= 15 is 0 Å². The van der Waals surface area contributed by atoms with Gasteiger partial charge in [-0.25, -0.2) is 9.37 Å². The second kappa shape index (κ2) is 5.58. The number of aromatic nitrogens is 2. The van der Waals surface area contributed by atoms with Crippen molar-refractivity contribution in [2.24, 2.45) is 0 Å². The number of imidazole rings is 1. The first-order valence-electron chi connectivity index (χ1n) is 6.47. The predicted molar refractivity (Wildman–Crippen MR) is 83.0 cm³/mol. The molecule has 2 aromatic carbocycles. The van der Waals surface area contributed by atoms with E-state index < -0.39 is 0 Å². The SMILES string of the molecule is Cc1cn(-c2cc(Cl)ccc2F)c(Nc2ccccc2)n1. The zero-order valence-corrected chi connectivity index (χ0v) is 12.1. The van der Waals surface area contributed by atoms with Crippen LogP contribution in [0.2, 0.25) is 5.02 Å². The lowest BCUT2D eigenvalue weighted by atomic mass is 10.3. The van der Waals surface area contributed by atoms with E-state index in [4.69, 9.17) is 11.6 Å². The van der Waals surface area contributed by atoms with Crippen molar-refractivity contribution >= 4 is 23.2 Å². The summed E-state index contributed by atoms with van der Waals surface area (Å²) in [5.41, 5.74) is 2.03. The number of para-hydroxylation sites is 1. The highest BCUT2D eigenvalue weighted by atomic mass is 35.5. The van der Waals surface area contributed by atoms with Crippen molar-refractivity contribution in [2.45, 2.75) is 6.92 Å². The normalized spacial score (nSPS) is 10.6. The number of halogens is 2. The Labute approximate surface area is 127 Å². The van der Waals surface area contributed by atoms with Crippen LogP contribution in [-0.2, 0) is 0 Å². The molecule has 1 heterocycles. The van der Waals surface area contributed by atoms with Crippen molar-refractivity contribution in [3.8, 4) is 5.69 Å². The summed E-state index contributed by atoms with van der Waals surface area (Å²) in [4.78, 5) is 4.40. The van der Waals surface area contributed by atoms with Crippen LogP contribution in [0.5, 0.6) is 0 Å². The standard InChI is InChI=1S/C16H13ClFN3/c1-11-10-21(15-9-12(17)7-8-14(15)18)16(19-11)20-13-5-3-2-4-6-13/h2-10H,1H3,(H,19,20). The van der Waals surface area contributed by atoms with Crippen LogP contribution in [0.1, 0.15) is 5.69 Å². The molecule has 0 radical (unpaired) electrons. The lowest BCUT2D eigenvalue weighted by molar-refractivity contribution is 0.618. The molecule has 0 aliphatic rings. The molecule has 1 N–H and O–H groups in total. The van der Waals surface area contributed by atoms with Crippen LogP contribution in [0.25, 0.3) is 5.69 Å². The molecule has 0 saturated carbocycles. The monoisotopic (exact) mass is 301 g/mol. The van der Waals surface area contributed by atoms with Crippen LogP contribution in [0.15, 0.2) is 54.7 Å². The number of anilines is 2. The maximum absolute atomic E-state index is 14.0. The van der Waals surface area contributed by atoms with Crippen molar-refractivity contribution in [3.05, 3.63) is 71.3 Å². The molecule has 0 spiro atoms. The molecule has 0 aliphatic carbocycles. The molecule has 1 aromatic heterocycles. The molecule has 3 aromatic rings. The number of hydrogen-bond acceptors (Lipinski definition) is 2. The molecule has 3 rings (SSSR count). The molecule has 5 heteroatoms. The molecule has 106 valence electrons. The Hall–Kier alpha value is -2.33. The molecule has 0 unspecified atom stereocenters. The van der Waals surface area contributed by atoms with Crippen molar-refractivity contribution in [3.63, 3.8) is 0 Å². The fourth-order valence-electron chi connectivity index (χ4n) is 2.09. The summed E-state index contributed by atoms with van der Waals surface area (Å²) < 4.78 is 15.7.